The van der Waals surface area contributed by atoms with Crippen molar-refractivity contribution in [3.8, 4) is 0 Å². The highest BCUT2D eigenvalue weighted by Gasteiger charge is 2.19. The van der Waals surface area contributed by atoms with E-state index in [2.05, 4.69) is 36.0 Å². The second kappa shape index (κ2) is 4.55. The predicted molar refractivity (Wildman–Crippen MR) is 53.1 cm³/mol. The van der Waals surface area contributed by atoms with Gasteiger partial charge in [0.2, 0.25) is 0 Å². The molecule has 0 nitrogen and oxygen atoms in total. The van der Waals surface area contributed by atoms with Crippen LogP contribution in [0.1, 0.15) is 25.7 Å². The summed E-state index contributed by atoms with van der Waals surface area (Å²) in [7, 11) is 0. The lowest BCUT2D eigenvalue weighted by molar-refractivity contribution is 0.529. The van der Waals surface area contributed by atoms with Gasteiger partial charge in [0.15, 0.2) is 0 Å². The van der Waals surface area contributed by atoms with Gasteiger partial charge in [-0.3, -0.25) is 0 Å². The van der Waals surface area contributed by atoms with Crippen molar-refractivity contribution < 1.29 is 0 Å². The zero-order chi connectivity index (χ0) is 7.40. The minimum Gasteiger partial charge on any atom is -0.162 e. The minimum atomic E-state index is 0.964. The number of thioether (sulfide) groups is 2. The summed E-state index contributed by atoms with van der Waals surface area (Å²) in [6.07, 6.45) is 10.3. The molecule has 10 heavy (non-hydrogen) atoms. The third-order valence-corrected chi connectivity index (χ3v) is 4.43. The molecule has 1 fully saturated rings. The minimum absolute atomic E-state index is 0.964. The molecule has 0 N–H and O–H groups in total. The predicted octanol–water partition coefficient (Wildman–Crippen LogP) is 3.02. The Labute approximate surface area is 72.5 Å². The van der Waals surface area contributed by atoms with Crippen molar-refractivity contribution >= 4 is 23.5 Å². The Balaban J connectivity index is 2.25. The summed E-state index contributed by atoms with van der Waals surface area (Å²) in [6.45, 7) is 0. The van der Waals surface area contributed by atoms with Gasteiger partial charge in [-0.1, -0.05) is 6.42 Å². The standard InChI is InChI=1S/C8H16S2/c1-9-7-4-3-5-8(6-7)10-2/h7-8H,3-6H2,1-2H3. The van der Waals surface area contributed by atoms with Gasteiger partial charge in [-0.25, -0.2) is 0 Å². The molecular weight excluding hydrogens is 160 g/mol. The van der Waals surface area contributed by atoms with Gasteiger partial charge in [0.25, 0.3) is 0 Å². The van der Waals surface area contributed by atoms with Crippen LogP contribution in [-0.4, -0.2) is 23.0 Å². The van der Waals surface area contributed by atoms with Gasteiger partial charge in [0, 0.05) is 10.5 Å². The molecule has 1 rings (SSSR count). The summed E-state index contributed by atoms with van der Waals surface area (Å²) in [4.78, 5) is 0. The third-order valence-electron chi connectivity index (χ3n) is 2.24. The molecule has 2 unspecified atom stereocenters. The molecule has 1 saturated carbocycles. The van der Waals surface area contributed by atoms with Crippen LogP contribution in [-0.2, 0) is 0 Å². The third kappa shape index (κ3) is 2.39. The normalized spacial score (nSPS) is 34.2. The first kappa shape index (κ1) is 8.79. The van der Waals surface area contributed by atoms with E-state index in [1.54, 1.807) is 0 Å². The first-order valence-electron chi connectivity index (χ1n) is 3.92. The zero-order valence-electron chi connectivity index (χ0n) is 6.80. The van der Waals surface area contributed by atoms with Crippen LogP contribution in [0.15, 0.2) is 0 Å². The van der Waals surface area contributed by atoms with Crippen LogP contribution >= 0.6 is 23.5 Å². The molecule has 60 valence electrons. The smallest absolute Gasteiger partial charge is 0.00548 e. The quantitative estimate of drug-likeness (QED) is 0.634. The Morgan fingerprint density at radius 1 is 1.00 bits per heavy atom. The van der Waals surface area contributed by atoms with Gasteiger partial charge in [-0.05, 0) is 31.8 Å². The highest BCUT2D eigenvalue weighted by molar-refractivity contribution is 8.00. The highest BCUT2D eigenvalue weighted by Crippen LogP contribution is 2.32. The molecule has 1 aliphatic rings. The molecule has 0 aromatic heterocycles. The molecule has 2 atom stereocenters. The summed E-state index contributed by atoms with van der Waals surface area (Å²) in [5, 5.41) is 1.93. The number of rotatable bonds is 2. The van der Waals surface area contributed by atoms with Crippen LogP contribution in [0.4, 0.5) is 0 Å². The van der Waals surface area contributed by atoms with Crippen molar-refractivity contribution in [1.29, 1.82) is 0 Å². The number of hydrogen-bond donors (Lipinski definition) is 0. The van der Waals surface area contributed by atoms with Crippen molar-refractivity contribution in [2.45, 2.75) is 36.2 Å². The second-order valence-electron chi connectivity index (χ2n) is 2.88. The van der Waals surface area contributed by atoms with Crippen molar-refractivity contribution in [3.05, 3.63) is 0 Å². The molecule has 0 heterocycles. The molecule has 0 amide bonds. The molecule has 0 spiro atoms. The average molecular weight is 176 g/mol. The summed E-state index contributed by atoms with van der Waals surface area (Å²) in [5.41, 5.74) is 0. The summed E-state index contributed by atoms with van der Waals surface area (Å²) in [5.74, 6) is 0. The van der Waals surface area contributed by atoms with Gasteiger partial charge in [-0.15, -0.1) is 0 Å². The molecule has 0 saturated heterocycles. The maximum Gasteiger partial charge on any atom is 0.00548 e. The summed E-state index contributed by atoms with van der Waals surface area (Å²) in [6, 6.07) is 0. The van der Waals surface area contributed by atoms with Gasteiger partial charge in [0.05, 0.1) is 0 Å². The van der Waals surface area contributed by atoms with E-state index in [0.29, 0.717) is 0 Å². The van der Waals surface area contributed by atoms with Crippen molar-refractivity contribution in [3.63, 3.8) is 0 Å². The van der Waals surface area contributed by atoms with E-state index in [1.165, 1.54) is 25.7 Å². The molecule has 0 aromatic carbocycles. The molecule has 0 aromatic rings. The van der Waals surface area contributed by atoms with E-state index >= 15 is 0 Å². The van der Waals surface area contributed by atoms with Crippen LogP contribution in [0.5, 0.6) is 0 Å². The van der Waals surface area contributed by atoms with E-state index in [0.717, 1.165) is 10.5 Å². The lowest BCUT2D eigenvalue weighted by Crippen LogP contribution is -2.18. The molecule has 0 radical (unpaired) electrons. The van der Waals surface area contributed by atoms with Crippen LogP contribution in [0.3, 0.4) is 0 Å². The van der Waals surface area contributed by atoms with Crippen LogP contribution in [0.2, 0.25) is 0 Å². The highest BCUT2D eigenvalue weighted by atomic mass is 32.2. The van der Waals surface area contributed by atoms with Crippen LogP contribution in [0.25, 0.3) is 0 Å². The second-order valence-corrected chi connectivity index (χ2v) is 5.16. The van der Waals surface area contributed by atoms with Gasteiger partial charge in [-0.2, -0.15) is 23.5 Å². The molecule has 0 bridgehead atoms. The van der Waals surface area contributed by atoms with Crippen molar-refractivity contribution in [1.82, 2.24) is 0 Å². The Morgan fingerprint density at radius 3 is 1.90 bits per heavy atom. The first-order chi connectivity index (χ1) is 4.86. The summed E-state index contributed by atoms with van der Waals surface area (Å²) >= 11 is 4.10. The zero-order valence-corrected chi connectivity index (χ0v) is 8.43. The summed E-state index contributed by atoms with van der Waals surface area (Å²) < 4.78 is 0. The van der Waals surface area contributed by atoms with Crippen molar-refractivity contribution in [2.75, 3.05) is 12.5 Å². The molecule has 1 aliphatic carbocycles. The van der Waals surface area contributed by atoms with Crippen LogP contribution in [0, 0.1) is 0 Å². The fourth-order valence-electron chi connectivity index (χ4n) is 1.53. The van der Waals surface area contributed by atoms with E-state index in [9.17, 15) is 0 Å². The SMILES string of the molecule is CSC1CCCC(SC)C1. The van der Waals surface area contributed by atoms with Crippen LogP contribution < -0.4 is 0 Å². The molecule has 2 heteroatoms. The molecule has 0 aliphatic heterocycles. The van der Waals surface area contributed by atoms with E-state index in [-0.39, 0.29) is 0 Å². The Kier molecular flexibility index (Phi) is 4.00. The maximum absolute atomic E-state index is 2.24. The molecular formula is C8H16S2. The maximum atomic E-state index is 2.24. The van der Waals surface area contributed by atoms with Gasteiger partial charge in [0.1, 0.15) is 0 Å². The Morgan fingerprint density at radius 2 is 1.50 bits per heavy atom. The Hall–Kier alpha value is 0.700. The van der Waals surface area contributed by atoms with Gasteiger partial charge < -0.3 is 0 Å². The monoisotopic (exact) mass is 176 g/mol. The van der Waals surface area contributed by atoms with E-state index < -0.39 is 0 Å². The first-order valence-corrected chi connectivity index (χ1v) is 6.50. The average Bonchev–Trinajstić information content (AvgIpc) is 2.05. The lowest BCUT2D eigenvalue weighted by Gasteiger charge is -2.26. The van der Waals surface area contributed by atoms with Crippen molar-refractivity contribution in [2.24, 2.45) is 0 Å². The topological polar surface area (TPSA) is 0 Å². The van der Waals surface area contributed by atoms with E-state index in [4.69, 9.17) is 0 Å². The fourth-order valence-corrected chi connectivity index (χ4v) is 3.31. The Bertz CT molecular complexity index is 83.3. The largest absolute Gasteiger partial charge is 0.162 e. The fraction of sp³-hybridized carbons (Fsp3) is 1.00. The van der Waals surface area contributed by atoms with Gasteiger partial charge >= 0.3 is 0 Å². The van der Waals surface area contributed by atoms with E-state index in [1.807, 2.05) is 0 Å². The number of hydrogen-bond acceptors (Lipinski definition) is 2. The lowest BCUT2D eigenvalue weighted by atomic mass is 10.00.